The lowest BCUT2D eigenvalue weighted by molar-refractivity contribution is -0.119. The second-order valence-corrected chi connectivity index (χ2v) is 8.74. The lowest BCUT2D eigenvalue weighted by Crippen LogP contribution is -2.38. The number of aliphatic hydroxyl groups is 1. The quantitative estimate of drug-likeness (QED) is 0.336. The Kier molecular flexibility index (Phi) is 7.81. The molecule has 2 aromatic carbocycles. The Labute approximate surface area is 183 Å². The van der Waals surface area contributed by atoms with Crippen molar-refractivity contribution in [2.75, 3.05) is 18.2 Å². The first-order chi connectivity index (χ1) is 14.4. The molecule has 3 rings (SSSR count). The second-order valence-electron chi connectivity index (χ2n) is 6.62. The Hall–Kier alpha value is -2.46. The molecule has 30 heavy (non-hydrogen) atoms. The van der Waals surface area contributed by atoms with Crippen molar-refractivity contribution in [1.82, 2.24) is 10.3 Å². The van der Waals surface area contributed by atoms with Gasteiger partial charge in [0.05, 0.1) is 18.3 Å². The SMILES string of the molecule is CC(=O)NC[C@H](O)CN(O)c1ccc(-c2ccc(CSc3nccs3)cc2)c(F)c1.[HH]. The topological polar surface area (TPSA) is 85.7 Å². The highest BCUT2D eigenvalue weighted by molar-refractivity contribution is 8.00. The van der Waals surface area contributed by atoms with Gasteiger partial charge in [0.2, 0.25) is 5.91 Å². The van der Waals surface area contributed by atoms with Crippen LogP contribution in [0.2, 0.25) is 0 Å². The fourth-order valence-corrected chi connectivity index (χ4v) is 4.33. The highest BCUT2D eigenvalue weighted by Crippen LogP contribution is 2.29. The molecular weight excluding hydrogens is 425 g/mol. The lowest BCUT2D eigenvalue weighted by Gasteiger charge is -2.21. The molecule has 0 saturated carbocycles. The number of thioether (sulfide) groups is 1. The minimum absolute atomic E-state index is 0. The molecule has 0 spiro atoms. The maximum atomic E-state index is 14.7. The van der Waals surface area contributed by atoms with Gasteiger partial charge in [-0.05, 0) is 23.3 Å². The van der Waals surface area contributed by atoms with Crippen molar-refractivity contribution in [3.8, 4) is 11.1 Å². The van der Waals surface area contributed by atoms with Crippen molar-refractivity contribution >= 4 is 34.7 Å². The van der Waals surface area contributed by atoms with Crippen molar-refractivity contribution < 1.29 is 20.9 Å². The maximum absolute atomic E-state index is 14.7. The van der Waals surface area contributed by atoms with Gasteiger partial charge in [0, 0.05) is 43.9 Å². The third kappa shape index (κ3) is 6.27. The van der Waals surface area contributed by atoms with Crippen LogP contribution in [-0.4, -0.2) is 40.4 Å². The molecule has 0 aliphatic carbocycles. The van der Waals surface area contributed by atoms with E-state index in [1.54, 1.807) is 41.4 Å². The summed E-state index contributed by atoms with van der Waals surface area (Å²) in [6.45, 7) is 1.18. The predicted molar refractivity (Wildman–Crippen MR) is 119 cm³/mol. The molecule has 0 radical (unpaired) electrons. The first kappa shape index (κ1) is 22.2. The summed E-state index contributed by atoms with van der Waals surface area (Å²) in [7, 11) is 0. The second kappa shape index (κ2) is 10.5. The number of aromatic nitrogens is 1. The van der Waals surface area contributed by atoms with E-state index in [-0.39, 0.29) is 26.1 Å². The number of amides is 1. The van der Waals surface area contributed by atoms with E-state index in [4.69, 9.17) is 0 Å². The molecule has 0 saturated heterocycles. The van der Waals surface area contributed by atoms with Crippen LogP contribution in [0.1, 0.15) is 13.9 Å². The largest absolute Gasteiger partial charge is 0.389 e. The summed E-state index contributed by atoms with van der Waals surface area (Å²) >= 11 is 3.26. The van der Waals surface area contributed by atoms with Crippen LogP contribution in [0.15, 0.2) is 58.4 Å². The number of thiazole rings is 1. The molecule has 1 heterocycles. The summed E-state index contributed by atoms with van der Waals surface area (Å²) < 4.78 is 15.7. The van der Waals surface area contributed by atoms with Crippen LogP contribution in [0.3, 0.4) is 0 Å². The van der Waals surface area contributed by atoms with Gasteiger partial charge >= 0.3 is 0 Å². The van der Waals surface area contributed by atoms with E-state index in [0.717, 1.165) is 26.3 Å². The summed E-state index contributed by atoms with van der Waals surface area (Å²) in [4.78, 5) is 15.1. The van der Waals surface area contributed by atoms with Crippen LogP contribution in [0.5, 0.6) is 0 Å². The number of aliphatic hydroxyl groups excluding tert-OH is 1. The Balaban J connectivity index is 0.00000341. The van der Waals surface area contributed by atoms with E-state index in [1.807, 2.05) is 29.6 Å². The standard InChI is InChI=1S/C21H22FN3O3S2.H2/c1-14(26)24-11-18(27)12-25(28)17-6-7-19(20(22)10-17)16-4-2-15(3-5-16)13-30-21-23-8-9-29-21;/h2-10,18,27-28H,11-13H2,1H3,(H,24,26);1H/t18-;/m0./s1. The van der Waals surface area contributed by atoms with Gasteiger partial charge in [0.1, 0.15) is 10.2 Å². The molecule has 9 heteroatoms. The average Bonchev–Trinajstić information content (AvgIpc) is 3.25. The minimum Gasteiger partial charge on any atom is -0.389 e. The molecule has 0 aliphatic heterocycles. The van der Waals surface area contributed by atoms with E-state index in [1.165, 1.54) is 13.0 Å². The molecule has 0 fully saturated rings. The zero-order valence-electron chi connectivity index (χ0n) is 16.3. The number of carbonyl (C=O) groups excluding carboxylic acids is 1. The average molecular weight is 450 g/mol. The molecular formula is C21H24FN3O3S2. The summed E-state index contributed by atoms with van der Waals surface area (Å²) in [5, 5.41) is 25.1. The zero-order valence-corrected chi connectivity index (χ0v) is 17.9. The van der Waals surface area contributed by atoms with Gasteiger partial charge in [-0.3, -0.25) is 15.1 Å². The third-order valence-electron chi connectivity index (χ3n) is 4.26. The van der Waals surface area contributed by atoms with Crippen LogP contribution in [0.25, 0.3) is 11.1 Å². The Morgan fingerprint density at radius 2 is 2.10 bits per heavy atom. The number of nitrogens with one attached hydrogen (secondary N) is 1. The minimum atomic E-state index is -0.989. The molecule has 0 aliphatic rings. The molecule has 0 bridgehead atoms. The molecule has 1 atom stereocenters. The van der Waals surface area contributed by atoms with Gasteiger partial charge in [-0.15, -0.1) is 11.3 Å². The van der Waals surface area contributed by atoms with Gasteiger partial charge in [-0.25, -0.2) is 9.37 Å². The summed E-state index contributed by atoms with van der Waals surface area (Å²) in [5.74, 6) is 0.0322. The molecule has 3 aromatic rings. The number of benzene rings is 2. The first-order valence-electron chi connectivity index (χ1n) is 9.22. The van der Waals surface area contributed by atoms with Crippen molar-refractivity contribution in [3.05, 3.63) is 65.4 Å². The van der Waals surface area contributed by atoms with E-state index in [2.05, 4.69) is 10.3 Å². The Morgan fingerprint density at radius 1 is 1.33 bits per heavy atom. The predicted octanol–water partition coefficient (Wildman–Crippen LogP) is 4.18. The van der Waals surface area contributed by atoms with Crippen LogP contribution < -0.4 is 10.4 Å². The number of hydrogen-bond acceptors (Lipinski definition) is 7. The van der Waals surface area contributed by atoms with Gasteiger partial charge in [-0.2, -0.15) is 0 Å². The first-order valence-corrected chi connectivity index (χ1v) is 11.1. The number of hydroxylamine groups is 1. The smallest absolute Gasteiger partial charge is 0.216 e. The van der Waals surface area contributed by atoms with Crippen molar-refractivity contribution in [2.24, 2.45) is 0 Å². The highest BCUT2D eigenvalue weighted by atomic mass is 32.2. The highest BCUT2D eigenvalue weighted by Gasteiger charge is 2.14. The molecule has 6 nitrogen and oxygen atoms in total. The number of carbonyl (C=O) groups is 1. The lowest BCUT2D eigenvalue weighted by atomic mass is 10.0. The molecule has 3 N–H and O–H groups in total. The number of nitrogens with zero attached hydrogens (tertiary/aromatic N) is 2. The van der Waals surface area contributed by atoms with E-state index in [9.17, 15) is 19.5 Å². The fourth-order valence-electron chi connectivity index (χ4n) is 2.74. The van der Waals surface area contributed by atoms with Gasteiger partial charge in [-0.1, -0.05) is 36.0 Å². The monoisotopic (exact) mass is 449 g/mol. The molecule has 1 amide bonds. The number of hydrogen-bond donors (Lipinski definition) is 3. The van der Waals surface area contributed by atoms with Crippen molar-refractivity contribution in [1.29, 1.82) is 0 Å². The third-order valence-corrected chi connectivity index (χ3v) is 6.30. The van der Waals surface area contributed by atoms with Gasteiger partial charge < -0.3 is 10.4 Å². The number of anilines is 1. The fraction of sp³-hybridized carbons (Fsp3) is 0.238. The van der Waals surface area contributed by atoms with E-state index >= 15 is 0 Å². The summed E-state index contributed by atoms with van der Waals surface area (Å²) in [6.07, 6.45) is 0.788. The molecule has 160 valence electrons. The Bertz CT molecular complexity index is 975. The number of rotatable bonds is 9. The Morgan fingerprint density at radius 3 is 2.73 bits per heavy atom. The van der Waals surface area contributed by atoms with E-state index in [0.29, 0.717) is 5.56 Å². The normalized spacial score (nSPS) is 11.9. The zero-order chi connectivity index (χ0) is 21.5. The maximum Gasteiger partial charge on any atom is 0.216 e. The van der Waals surface area contributed by atoms with Gasteiger partial charge in [0.15, 0.2) is 0 Å². The van der Waals surface area contributed by atoms with Gasteiger partial charge in [0.25, 0.3) is 0 Å². The van der Waals surface area contributed by atoms with Crippen LogP contribution in [0, 0.1) is 5.82 Å². The van der Waals surface area contributed by atoms with Crippen LogP contribution in [0.4, 0.5) is 10.1 Å². The molecule has 0 unspecified atom stereocenters. The summed E-state index contributed by atoms with van der Waals surface area (Å²) in [5.41, 5.74) is 2.49. The van der Waals surface area contributed by atoms with E-state index < -0.39 is 11.9 Å². The van der Waals surface area contributed by atoms with Crippen molar-refractivity contribution in [3.63, 3.8) is 0 Å². The number of halogens is 1. The van der Waals surface area contributed by atoms with Crippen molar-refractivity contribution in [2.45, 2.75) is 23.1 Å². The van der Waals surface area contributed by atoms with Crippen LogP contribution >= 0.6 is 23.1 Å². The van der Waals surface area contributed by atoms with Crippen LogP contribution in [-0.2, 0) is 10.5 Å². The summed E-state index contributed by atoms with van der Waals surface area (Å²) in [6, 6.07) is 12.0. The molecule has 1 aromatic heterocycles.